The van der Waals surface area contributed by atoms with Gasteiger partial charge in [-0.3, -0.25) is 0 Å². The van der Waals surface area contributed by atoms with Crippen LogP contribution in [0.2, 0.25) is 0 Å². The topological polar surface area (TPSA) is 30.2 Å². The van der Waals surface area contributed by atoms with Gasteiger partial charge in [0.15, 0.2) is 5.16 Å². The van der Waals surface area contributed by atoms with E-state index in [0.29, 0.717) is 0 Å². The minimum absolute atomic E-state index is 0.831. The molecule has 0 spiro atoms. The van der Waals surface area contributed by atoms with E-state index in [0.717, 1.165) is 52.6 Å². The number of hydrogen-bond acceptors (Lipinski definition) is 5. The predicted molar refractivity (Wildman–Crippen MR) is 123 cm³/mol. The first-order valence-electron chi connectivity index (χ1n) is 9.45. The molecule has 3 heterocycles. The van der Waals surface area contributed by atoms with Gasteiger partial charge in [-0.2, -0.15) is 0 Å². The van der Waals surface area contributed by atoms with Crippen molar-refractivity contribution < 1.29 is 4.90 Å². The van der Waals surface area contributed by atoms with Crippen molar-refractivity contribution in [1.82, 2.24) is 9.97 Å². The molecule has 0 aliphatic carbocycles. The molecule has 3 nitrogen and oxygen atoms in total. The summed E-state index contributed by atoms with van der Waals surface area (Å²) in [6.07, 6.45) is 4.94. The van der Waals surface area contributed by atoms with Crippen molar-refractivity contribution in [3.8, 4) is 0 Å². The highest BCUT2D eigenvalue weighted by atomic mass is 32.2. The summed E-state index contributed by atoms with van der Waals surface area (Å²) in [7, 11) is 0. The lowest BCUT2D eigenvalue weighted by Crippen LogP contribution is -3.10. The molecule has 1 unspecified atom stereocenters. The molecule has 0 radical (unpaired) electrons. The quantitative estimate of drug-likeness (QED) is 0.250. The maximum atomic E-state index is 4.87. The molecule has 1 aliphatic rings. The van der Waals surface area contributed by atoms with Crippen molar-refractivity contribution in [3.63, 3.8) is 0 Å². The Morgan fingerprint density at radius 2 is 1.86 bits per heavy atom. The molecule has 4 rings (SSSR count). The molecule has 144 valence electrons. The van der Waals surface area contributed by atoms with Gasteiger partial charge in [0.25, 0.3) is 0 Å². The summed E-state index contributed by atoms with van der Waals surface area (Å²) in [6, 6.07) is 10.8. The van der Waals surface area contributed by atoms with Crippen LogP contribution in [0.15, 0.2) is 65.8 Å². The van der Waals surface area contributed by atoms with Crippen molar-refractivity contribution in [2.75, 3.05) is 18.1 Å². The molecule has 0 saturated heterocycles. The molecular formula is C22H24N3S3+. The van der Waals surface area contributed by atoms with E-state index in [1.807, 2.05) is 23.5 Å². The van der Waals surface area contributed by atoms with Gasteiger partial charge in [-0.05, 0) is 5.56 Å². The maximum absolute atomic E-state index is 4.87. The highest BCUT2D eigenvalue weighted by Gasteiger charge is 2.27. The molecule has 1 atom stereocenters. The highest BCUT2D eigenvalue weighted by Crippen LogP contribution is 2.38. The van der Waals surface area contributed by atoms with Crippen LogP contribution in [-0.4, -0.2) is 28.0 Å². The monoisotopic (exact) mass is 426 g/mol. The van der Waals surface area contributed by atoms with E-state index in [2.05, 4.69) is 43.5 Å². The minimum Gasteiger partial charge on any atom is -0.326 e. The molecule has 1 N–H and O–H groups in total. The summed E-state index contributed by atoms with van der Waals surface area (Å²) in [5.41, 5.74) is 2.89. The molecule has 0 saturated carbocycles. The summed E-state index contributed by atoms with van der Waals surface area (Å²) in [5, 5.41) is 3.25. The van der Waals surface area contributed by atoms with E-state index in [1.165, 1.54) is 21.4 Å². The Bertz CT molecular complexity index is 982. The Hall–Kier alpha value is -1.60. The third-order valence-corrected chi connectivity index (χ3v) is 7.72. The fourth-order valence-corrected chi connectivity index (χ4v) is 6.39. The Morgan fingerprint density at radius 1 is 1.07 bits per heavy atom. The standard InChI is InChI=1S/C22H23N3S3/c1-3-12-26-20-19-17-10-11-25(14-16-8-6-5-7-9-16)15-18(17)28-21(19)24-22(23-20)27-13-4-2/h3-9H,1-2,10-15H2/p+1. The maximum Gasteiger partial charge on any atom is 0.190 e. The van der Waals surface area contributed by atoms with Crippen molar-refractivity contribution >= 4 is 45.1 Å². The summed E-state index contributed by atoms with van der Waals surface area (Å²) in [5.74, 6) is 1.70. The summed E-state index contributed by atoms with van der Waals surface area (Å²) < 4.78 is 0. The number of nitrogens with zero attached hydrogens (tertiary/aromatic N) is 2. The van der Waals surface area contributed by atoms with E-state index in [-0.39, 0.29) is 0 Å². The van der Waals surface area contributed by atoms with Crippen molar-refractivity contribution in [3.05, 3.63) is 71.6 Å². The summed E-state index contributed by atoms with van der Waals surface area (Å²) >= 11 is 5.28. The van der Waals surface area contributed by atoms with E-state index in [4.69, 9.17) is 9.97 Å². The summed E-state index contributed by atoms with van der Waals surface area (Å²) in [4.78, 5) is 14.0. The third-order valence-electron chi connectivity index (χ3n) is 4.78. The molecule has 6 heteroatoms. The van der Waals surface area contributed by atoms with E-state index >= 15 is 0 Å². The number of thiophene rings is 1. The fraction of sp³-hybridized carbons (Fsp3) is 0.273. The van der Waals surface area contributed by atoms with Gasteiger partial charge in [-0.25, -0.2) is 9.97 Å². The van der Waals surface area contributed by atoms with E-state index < -0.39 is 0 Å². The number of thioether (sulfide) groups is 2. The van der Waals surface area contributed by atoms with Crippen LogP contribution < -0.4 is 4.90 Å². The first-order valence-corrected chi connectivity index (χ1v) is 12.2. The van der Waals surface area contributed by atoms with Crippen LogP contribution in [0.25, 0.3) is 10.2 Å². The first kappa shape index (κ1) is 19.7. The van der Waals surface area contributed by atoms with Crippen LogP contribution in [0.5, 0.6) is 0 Å². The lowest BCUT2D eigenvalue weighted by molar-refractivity contribution is -0.929. The van der Waals surface area contributed by atoms with Crippen LogP contribution in [0, 0.1) is 0 Å². The van der Waals surface area contributed by atoms with Crippen LogP contribution in [0.1, 0.15) is 16.0 Å². The number of aromatic nitrogens is 2. The van der Waals surface area contributed by atoms with Gasteiger partial charge >= 0.3 is 0 Å². The van der Waals surface area contributed by atoms with Gasteiger partial charge in [-0.15, -0.1) is 36.3 Å². The zero-order valence-corrected chi connectivity index (χ0v) is 18.3. The van der Waals surface area contributed by atoms with Crippen molar-refractivity contribution in [2.24, 2.45) is 0 Å². The average molecular weight is 427 g/mol. The van der Waals surface area contributed by atoms with Gasteiger partial charge in [0.05, 0.1) is 11.4 Å². The van der Waals surface area contributed by atoms with Crippen LogP contribution in [0.4, 0.5) is 0 Å². The molecule has 1 aliphatic heterocycles. The molecule has 0 bridgehead atoms. The minimum atomic E-state index is 0.831. The largest absolute Gasteiger partial charge is 0.326 e. The lowest BCUT2D eigenvalue weighted by Gasteiger charge is -2.24. The fourth-order valence-electron chi connectivity index (χ4n) is 3.55. The third kappa shape index (κ3) is 4.35. The van der Waals surface area contributed by atoms with E-state index in [9.17, 15) is 0 Å². The smallest absolute Gasteiger partial charge is 0.190 e. The van der Waals surface area contributed by atoms with Gasteiger partial charge in [0.1, 0.15) is 22.9 Å². The Morgan fingerprint density at radius 3 is 2.64 bits per heavy atom. The number of quaternary nitrogens is 1. The van der Waals surface area contributed by atoms with Gasteiger partial charge in [0, 0.05) is 28.9 Å². The van der Waals surface area contributed by atoms with Crippen LogP contribution in [-0.2, 0) is 19.5 Å². The van der Waals surface area contributed by atoms with Gasteiger partial charge in [-0.1, -0.05) is 54.2 Å². The normalized spacial score (nSPS) is 16.1. The molecule has 0 fully saturated rings. The second-order valence-corrected chi connectivity index (χ2v) is 9.86. The van der Waals surface area contributed by atoms with Crippen molar-refractivity contribution in [1.29, 1.82) is 0 Å². The predicted octanol–water partition coefficient (Wildman–Crippen LogP) is 4.39. The molecular weight excluding hydrogens is 402 g/mol. The molecule has 2 aromatic heterocycles. The average Bonchev–Trinajstić information content (AvgIpc) is 3.09. The Labute approximate surface area is 179 Å². The number of fused-ring (bicyclic) bond motifs is 3. The SMILES string of the molecule is C=CCSc1nc(SCC=C)c2c3c(sc2n1)C[NH+](Cc1ccccc1)CC3. The van der Waals surface area contributed by atoms with Crippen LogP contribution >= 0.6 is 34.9 Å². The zero-order chi connectivity index (χ0) is 19.3. The second kappa shape index (κ2) is 9.27. The molecule has 28 heavy (non-hydrogen) atoms. The number of nitrogens with one attached hydrogen (secondary N) is 1. The molecule has 0 amide bonds. The molecule has 3 aromatic rings. The van der Waals surface area contributed by atoms with Crippen molar-refractivity contribution in [2.45, 2.75) is 29.7 Å². The number of hydrogen-bond donors (Lipinski definition) is 1. The number of rotatable bonds is 8. The van der Waals surface area contributed by atoms with Gasteiger partial charge < -0.3 is 4.90 Å². The molecule has 1 aromatic carbocycles. The van der Waals surface area contributed by atoms with Gasteiger partial charge in [0.2, 0.25) is 0 Å². The zero-order valence-electron chi connectivity index (χ0n) is 15.8. The Balaban J connectivity index is 1.65. The van der Waals surface area contributed by atoms with Crippen LogP contribution in [0.3, 0.4) is 0 Å². The number of benzene rings is 1. The Kier molecular flexibility index (Phi) is 6.52. The first-order chi connectivity index (χ1) is 13.8. The second-order valence-electron chi connectivity index (χ2n) is 6.78. The van der Waals surface area contributed by atoms with E-state index in [1.54, 1.807) is 28.4 Å². The summed E-state index contributed by atoms with van der Waals surface area (Å²) in [6.45, 7) is 11.0. The lowest BCUT2D eigenvalue weighted by atomic mass is 10.0. The highest BCUT2D eigenvalue weighted by molar-refractivity contribution is 8.00.